The van der Waals surface area contributed by atoms with Crippen LogP contribution in [0.15, 0.2) is 23.5 Å². The molecule has 0 aromatic rings. The topological polar surface area (TPSA) is 74.6 Å². The Morgan fingerprint density at radius 1 is 1.00 bits per heavy atom. The maximum atomic E-state index is 13.2. The molecule has 0 aromatic carbocycles. The van der Waals surface area contributed by atoms with E-state index in [0.717, 1.165) is 51.2 Å². The fraction of sp³-hybridized carbons (Fsp3) is 0.806. The normalized spacial score (nSPS) is 52.0. The van der Waals surface area contributed by atoms with Crippen LogP contribution in [-0.4, -0.2) is 22.0 Å². The Morgan fingerprint density at radius 3 is 2.31 bits per heavy atom. The first kappa shape index (κ1) is 25.1. The predicted molar refractivity (Wildman–Crippen MR) is 138 cm³/mol. The number of carboxylic acid groups (broad SMARTS) is 1. The van der Waals surface area contributed by atoms with Gasteiger partial charge in [0.15, 0.2) is 5.78 Å². The number of carbonyl (C=O) groups excluding carboxylic acids is 1. The highest BCUT2D eigenvalue weighted by Crippen LogP contribution is 2.75. The van der Waals surface area contributed by atoms with Gasteiger partial charge in [0.2, 0.25) is 0 Å². The van der Waals surface area contributed by atoms with Gasteiger partial charge in [-0.15, -0.1) is 0 Å². The predicted octanol–water partition coefficient (Wildman–Crippen LogP) is 7.35. The molecule has 0 bridgehead atoms. The molecule has 0 radical (unpaired) electrons. The fourth-order valence-corrected chi connectivity index (χ4v) is 10.8. The third kappa shape index (κ3) is 2.86. The van der Waals surface area contributed by atoms with E-state index >= 15 is 0 Å². The summed E-state index contributed by atoms with van der Waals surface area (Å²) < 4.78 is 0. The van der Waals surface area contributed by atoms with E-state index in [9.17, 15) is 19.8 Å². The molecule has 2 unspecified atom stereocenters. The lowest BCUT2D eigenvalue weighted by atomic mass is 9.33. The number of hydrogen-bond donors (Lipinski definition) is 2. The van der Waals surface area contributed by atoms with Crippen LogP contribution in [-0.2, 0) is 9.59 Å². The second kappa shape index (κ2) is 7.48. The Kier molecular flexibility index (Phi) is 5.36. The maximum Gasteiger partial charge on any atom is 0.310 e. The molecule has 5 aliphatic carbocycles. The number of rotatable bonds is 1. The van der Waals surface area contributed by atoms with Gasteiger partial charge in [-0.1, -0.05) is 60.1 Å². The standard InChI is InChI=1S/C31H46O4/c1-18-10-13-31(26(34)35)15-14-29(6)21(24(31)19(18)2)8-9-23-28(5)16-20(17-32)25(33)27(3,4)22(28)11-12-30(23,29)7/h8,17-19,22-24,32H,9-16H2,1-7H3,(H,34,35)/b20-17-/t18-,19+,22+,23-,24?,28+,29-,30-,31?/m1/s1. The summed E-state index contributed by atoms with van der Waals surface area (Å²) in [6.07, 6.45) is 10.8. The van der Waals surface area contributed by atoms with Gasteiger partial charge < -0.3 is 10.2 Å². The Hall–Kier alpha value is -1.58. The minimum absolute atomic E-state index is 0.0342. The molecule has 0 saturated heterocycles. The first-order valence-corrected chi connectivity index (χ1v) is 14.0. The lowest BCUT2D eigenvalue weighted by molar-refractivity contribution is -0.186. The SMILES string of the molecule is C[C@@H]1CCC2(C(=O)O)CC[C@]3(C)C(=CC[C@@H]4[C@@]5(C)C/C(=C/O)C(=O)C(C)(C)[C@@H]5CC[C@]43C)C2[C@H]1C. The van der Waals surface area contributed by atoms with Gasteiger partial charge in [0.1, 0.15) is 0 Å². The number of Topliss-reactive ketones (excluding diaryl/α,β-unsaturated/α-hetero) is 1. The van der Waals surface area contributed by atoms with E-state index in [1.54, 1.807) is 0 Å². The summed E-state index contributed by atoms with van der Waals surface area (Å²) in [6.45, 7) is 16.1. The second-order valence-corrected chi connectivity index (χ2v) is 14.5. The van der Waals surface area contributed by atoms with Crippen molar-refractivity contribution < 1.29 is 19.8 Å². The van der Waals surface area contributed by atoms with Gasteiger partial charge in [0.05, 0.1) is 11.7 Å². The van der Waals surface area contributed by atoms with E-state index in [0.29, 0.717) is 29.7 Å². The van der Waals surface area contributed by atoms with Crippen LogP contribution >= 0.6 is 0 Å². The summed E-state index contributed by atoms with van der Waals surface area (Å²) in [7, 11) is 0. The number of aliphatic hydroxyl groups excluding tert-OH is 1. The maximum absolute atomic E-state index is 13.2. The molecule has 4 saturated carbocycles. The molecule has 35 heavy (non-hydrogen) atoms. The van der Waals surface area contributed by atoms with Crippen LogP contribution in [0.25, 0.3) is 0 Å². The first-order chi connectivity index (χ1) is 16.2. The highest BCUT2D eigenvalue weighted by atomic mass is 16.4. The van der Waals surface area contributed by atoms with Gasteiger partial charge in [0, 0.05) is 11.0 Å². The molecule has 4 fully saturated rings. The van der Waals surface area contributed by atoms with Crippen molar-refractivity contribution in [2.75, 3.05) is 0 Å². The third-order valence-electron chi connectivity index (χ3n) is 13.2. The molecule has 4 nitrogen and oxygen atoms in total. The highest BCUT2D eigenvalue weighted by molar-refractivity contribution is 6.00. The smallest absolute Gasteiger partial charge is 0.310 e. The number of carbonyl (C=O) groups is 2. The van der Waals surface area contributed by atoms with Crippen LogP contribution in [0.5, 0.6) is 0 Å². The molecule has 5 aliphatic rings. The van der Waals surface area contributed by atoms with Crippen LogP contribution in [0.3, 0.4) is 0 Å². The molecular weight excluding hydrogens is 436 g/mol. The number of aliphatic hydroxyl groups is 1. The Balaban J connectivity index is 1.64. The lowest BCUT2D eigenvalue weighted by Gasteiger charge is -2.70. The Labute approximate surface area is 211 Å². The first-order valence-electron chi connectivity index (χ1n) is 14.0. The van der Waals surface area contributed by atoms with Crippen molar-refractivity contribution in [3.63, 3.8) is 0 Å². The monoisotopic (exact) mass is 482 g/mol. The van der Waals surface area contributed by atoms with Crippen molar-refractivity contribution in [1.82, 2.24) is 0 Å². The largest absolute Gasteiger partial charge is 0.515 e. The fourth-order valence-electron chi connectivity index (χ4n) is 10.8. The third-order valence-corrected chi connectivity index (χ3v) is 13.2. The zero-order chi connectivity index (χ0) is 25.8. The molecule has 2 N–H and O–H groups in total. The molecule has 4 heteroatoms. The summed E-state index contributed by atoms with van der Waals surface area (Å²) in [6, 6.07) is 0. The van der Waals surface area contributed by atoms with E-state index in [1.807, 2.05) is 0 Å². The molecule has 0 heterocycles. The molecule has 9 atom stereocenters. The van der Waals surface area contributed by atoms with Crippen LogP contribution in [0.4, 0.5) is 0 Å². The van der Waals surface area contributed by atoms with Gasteiger partial charge in [-0.3, -0.25) is 9.59 Å². The zero-order valence-electron chi connectivity index (χ0n) is 22.9. The summed E-state index contributed by atoms with van der Waals surface area (Å²) in [4.78, 5) is 26.1. The quantitative estimate of drug-likeness (QED) is 0.233. The van der Waals surface area contributed by atoms with E-state index < -0.39 is 16.8 Å². The van der Waals surface area contributed by atoms with Crippen molar-refractivity contribution in [2.45, 2.75) is 99.8 Å². The molecule has 0 amide bonds. The van der Waals surface area contributed by atoms with E-state index in [1.165, 1.54) is 5.57 Å². The lowest BCUT2D eigenvalue weighted by Crippen LogP contribution is -2.65. The van der Waals surface area contributed by atoms with Crippen molar-refractivity contribution in [3.05, 3.63) is 23.5 Å². The van der Waals surface area contributed by atoms with Gasteiger partial charge >= 0.3 is 5.97 Å². The number of hydrogen-bond acceptors (Lipinski definition) is 3. The van der Waals surface area contributed by atoms with Crippen molar-refractivity contribution in [3.8, 4) is 0 Å². The number of ketones is 1. The second-order valence-electron chi connectivity index (χ2n) is 14.5. The van der Waals surface area contributed by atoms with Crippen molar-refractivity contribution in [2.24, 2.45) is 56.7 Å². The summed E-state index contributed by atoms with van der Waals surface area (Å²) in [5.74, 6) is 1.24. The molecule has 0 aromatic heterocycles. The highest BCUT2D eigenvalue weighted by Gasteiger charge is 2.70. The number of fused-ring (bicyclic) bond motifs is 7. The molecular formula is C31H46O4. The summed E-state index contributed by atoms with van der Waals surface area (Å²) in [5, 5.41) is 20.6. The van der Waals surface area contributed by atoms with Gasteiger partial charge in [-0.05, 0) is 97.2 Å². The van der Waals surface area contributed by atoms with Crippen molar-refractivity contribution >= 4 is 11.8 Å². The molecule has 5 rings (SSSR count). The van der Waals surface area contributed by atoms with Crippen LogP contribution < -0.4 is 0 Å². The molecule has 0 spiro atoms. The summed E-state index contributed by atoms with van der Waals surface area (Å²) in [5.41, 5.74) is 0.866. The van der Waals surface area contributed by atoms with Gasteiger partial charge in [-0.25, -0.2) is 0 Å². The zero-order valence-corrected chi connectivity index (χ0v) is 22.9. The van der Waals surface area contributed by atoms with E-state index in [2.05, 4.69) is 54.5 Å². The van der Waals surface area contributed by atoms with E-state index in [4.69, 9.17) is 0 Å². The van der Waals surface area contributed by atoms with Crippen molar-refractivity contribution in [1.29, 1.82) is 0 Å². The summed E-state index contributed by atoms with van der Waals surface area (Å²) >= 11 is 0. The van der Waals surface area contributed by atoms with E-state index in [-0.39, 0.29) is 33.9 Å². The van der Waals surface area contributed by atoms with Crippen LogP contribution in [0, 0.1) is 56.7 Å². The molecule has 0 aliphatic heterocycles. The van der Waals surface area contributed by atoms with Crippen LogP contribution in [0.1, 0.15) is 99.8 Å². The number of allylic oxidation sites excluding steroid dienone is 3. The number of carboxylic acids is 1. The van der Waals surface area contributed by atoms with Gasteiger partial charge in [0.25, 0.3) is 0 Å². The average Bonchev–Trinajstić information content (AvgIpc) is 2.79. The number of aliphatic carboxylic acids is 1. The molecule has 194 valence electrons. The minimum atomic E-state index is -0.617. The van der Waals surface area contributed by atoms with Crippen LogP contribution in [0.2, 0.25) is 0 Å². The Bertz CT molecular complexity index is 1020. The average molecular weight is 483 g/mol. The van der Waals surface area contributed by atoms with Gasteiger partial charge in [-0.2, -0.15) is 0 Å². The Morgan fingerprint density at radius 2 is 1.69 bits per heavy atom. The minimum Gasteiger partial charge on any atom is -0.515 e.